The number of hydrogen-bond acceptors (Lipinski definition) is 1. The predicted molar refractivity (Wildman–Crippen MR) is 79.0 cm³/mol. The van der Waals surface area contributed by atoms with Gasteiger partial charge in [0.2, 0.25) is 0 Å². The topological polar surface area (TPSA) is 26.0 Å². The monoisotopic (exact) mass is 371 g/mol. The van der Waals surface area contributed by atoms with E-state index in [1.54, 1.807) is 12.1 Å². The van der Waals surface area contributed by atoms with Crippen LogP contribution in [0.1, 0.15) is 22.7 Å². The highest BCUT2D eigenvalue weighted by Crippen LogP contribution is 2.31. The molecule has 1 unspecified atom stereocenters. The Morgan fingerprint density at radius 3 is 2.28 bits per heavy atom. The van der Waals surface area contributed by atoms with Crippen molar-refractivity contribution in [1.82, 2.24) is 0 Å². The largest absolute Gasteiger partial charge is 0.320 e. The molecule has 0 heterocycles. The van der Waals surface area contributed by atoms with E-state index in [1.807, 2.05) is 19.1 Å². The van der Waals surface area contributed by atoms with E-state index in [-0.39, 0.29) is 11.9 Å². The van der Waals surface area contributed by atoms with Crippen LogP contribution in [0.4, 0.5) is 4.39 Å². The predicted octanol–water partition coefficient (Wildman–Crippen LogP) is 4.71. The van der Waals surface area contributed by atoms with E-state index in [2.05, 4.69) is 31.9 Å². The van der Waals surface area contributed by atoms with E-state index >= 15 is 0 Å². The second-order valence-corrected chi connectivity index (χ2v) is 5.86. The van der Waals surface area contributed by atoms with Crippen molar-refractivity contribution in [2.24, 2.45) is 5.73 Å². The highest BCUT2D eigenvalue weighted by atomic mass is 79.9. The highest BCUT2D eigenvalue weighted by Gasteiger charge is 2.14. The Morgan fingerprint density at radius 2 is 1.67 bits per heavy atom. The molecule has 4 heteroatoms. The Hall–Kier alpha value is -0.710. The van der Waals surface area contributed by atoms with Crippen molar-refractivity contribution in [1.29, 1.82) is 0 Å². The van der Waals surface area contributed by atoms with Crippen LogP contribution in [0.15, 0.2) is 45.3 Å². The number of rotatable bonds is 2. The molecule has 94 valence electrons. The van der Waals surface area contributed by atoms with E-state index in [1.165, 1.54) is 12.1 Å². The van der Waals surface area contributed by atoms with Gasteiger partial charge in [-0.05, 0) is 47.9 Å². The number of hydrogen-bond donors (Lipinski definition) is 1. The minimum Gasteiger partial charge on any atom is -0.320 e. The summed E-state index contributed by atoms with van der Waals surface area (Å²) < 4.78 is 14.9. The smallest absolute Gasteiger partial charge is 0.123 e. The molecule has 1 atom stereocenters. The van der Waals surface area contributed by atoms with Gasteiger partial charge in [0.05, 0.1) is 6.04 Å². The molecule has 0 spiro atoms. The first kappa shape index (κ1) is 13.7. The maximum absolute atomic E-state index is 12.9. The number of nitrogens with two attached hydrogens (primary N) is 1. The summed E-state index contributed by atoms with van der Waals surface area (Å²) in [7, 11) is 0. The molecule has 1 nitrogen and oxygen atoms in total. The molecular formula is C14H12Br2FN. The fourth-order valence-electron chi connectivity index (χ4n) is 1.75. The van der Waals surface area contributed by atoms with Gasteiger partial charge in [-0.15, -0.1) is 0 Å². The molecule has 0 aliphatic carbocycles. The third kappa shape index (κ3) is 2.82. The van der Waals surface area contributed by atoms with Crippen LogP contribution in [0.3, 0.4) is 0 Å². The molecule has 0 radical (unpaired) electrons. The Kier molecular flexibility index (Phi) is 4.20. The van der Waals surface area contributed by atoms with Gasteiger partial charge in [0.15, 0.2) is 0 Å². The van der Waals surface area contributed by atoms with Crippen molar-refractivity contribution in [3.63, 3.8) is 0 Å². The first-order valence-corrected chi connectivity index (χ1v) is 7.04. The Balaban J connectivity index is 2.42. The van der Waals surface area contributed by atoms with Crippen molar-refractivity contribution in [2.75, 3.05) is 0 Å². The average Bonchev–Trinajstić information content (AvgIpc) is 2.34. The first-order chi connectivity index (χ1) is 8.49. The lowest BCUT2D eigenvalue weighted by molar-refractivity contribution is 0.626. The minimum atomic E-state index is -0.281. The second-order valence-electron chi connectivity index (χ2n) is 4.15. The minimum absolute atomic E-state index is 0.255. The quantitative estimate of drug-likeness (QED) is 0.811. The van der Waals surface area contributed by atoms with Gasteiger partial charge >= 0.3 is 0 Å². The van der Waals surface area contributed by atoms with Crippen LogP contribution in [0.25, 0.3) is 0 Å². The molecule has 0 saturated heterocycles. The molecule has 2 aromatic rings. The molecule has 2 aromatic carbocycles. The highest BCUT2D eigenvalue weighted by molar-refractivity contribution is 9.11. The average molecular weight is 373 g/mol. The van der Waals surface area contributed by atoms with E-state index in [0.717, 1.165) is 25.6 Å². The molecule has 18 heavy (non-hydrogen) atoms. The van der Waals surface area contributed by atoms with Crippen molar-refractivity contribution in [3.8, 4) is 0 Å². The van der Waals surface area contributed by atoms with Gasteiger partial charge in [-0.1, -0.05) is 44.0 Å². The Labute approximate surface area is 122 Å². The molecule has 0 fully saturated rings. The summed E-state index contributed by atoms with van der Waals surface area (Å²) in [5.74, 6) is -0.255. The lowest BCUT2D eigenvalue weighted by Crippen LogP contribution is -2.12. The lowest BCUT2D eigenvalue weighted by atomic mass is 9.99. The summed E-state index contributed by atoms with van der Waals surface area (Å²) in [5, 5.41) is 0. The summed E-state index contributed by atoms with van der Waals surface area (Å²) >= 11 is 7.02. The summed E-state index contributed by atoms with van der Waals surface area (Å²) in [6.45, 7) is 2.02. The maximum Gasteiger partial charge on any atom is 0.123 e. The SMILES string of the molecule is Cc1cc(Br)c(C(N)c2ccc(F)cc2)cc1Br. The second kappa shape index (κ2) is 5.51. The van der Waals surface area contributed by atoms with Crippen LogP contribution in [0.2, 0.25) is 0 Å². The normalized spacial score (nSPS) is 12.5. The van der Waals surface area contributed by atoms with E-state index in [4.69, 9.17) is 5.73 Å². The first-order valence-electron chi connectivity index (χ1n) is 5.45. The van der Waals surface area contributed by atoms with Crippen molar-refractivity contribution in [2.45, 2.75) is 13.0 Å². The standard InChI is InChI=1S/C14H12Br2FN/c1-8-6-13(16)11(7-12(8)15)14(18)9-2-4-10(17)5-3-9/h2-7,14H,18H2,1H3. The zero-order valence-corrected chi connectivity index (χ0v) is 12.9. The van der Waals surface area contributed by atoms with E-state index in [0.29, 0.717) is 0 Å². The number of benzene rings is 2. The van der Waals surface area contributed by atoms with Crippen LogP contribution >= 0.6 is 31.9 Å². The Bertz CT molecular complexity index is 567. The zero-order valence-electron chi connectivity index (χ0n) is 9.75. The van der Waals surface area contributed by atoms with Crippen molar-refractivity contribution >= 4 is 31.9 Å². The maximum atomic E-state index is 12.9. The number of halogens is 3. The summed E-state index contributed by atoms with van der Waals surface area (Å²) in [4.78, 5) is 0. The van der Waals surface area contributed by atoms with Crippen LogP contribution in [-0.2, 0) is 0 Å². The molecule has 0 aliphatic rings. The molecule has 0 aromatic heterocycles. The molecule has 0 saturated carbocycles. The van der Waals surface area contributed by atoms with Crippen LogP contribution < -0.4 is 5.73 Å². The molecule has 0 aliphatic heterocycles. The number of aryl methyl sites for hydroxylation is 1. The molecule has 2 rings (SSSR count). The van der Waals surface area contributed by atoms with Gasteiger partial charge in [-0.2, -0.15) is 0 Å². The third-order valence-electron chi connectivity index (χ3n) is 2.84. The summed E-state index contributed by atoms with van der Waals surface area (Å²) in [6, 6.07) is 9.99. The van der Waals surface area contributed by atoms with Crippen LogP contribution in [0.5, 0.6) is 0 Å². The van der Waals surface area contributed by atoms with Gasteiger partial charge < -0.3 is 5.73 Å². The van der Waals surface area contributed by atoms with E-state index < -0.39 is 0 Å². The summed E-state index contributed by atoms with van der Waals surface area (Å²) in [6.07, 6.45) is 0. The Morgan fingerprint density at radius 1 is 1.06 bits per heavy atom. The van der Waals surface area contributed by atoms with Gasteiger partial charge in [-0.25, -0.2) is 4.39 Å². The molecular weight excluding hydrogens is 361 g/mol. The molecule has 0 amide bonds. The van der Waals surface area contributed by atoms with Crippen LogP contribution in [0, 0.1) is 12.7 Å². The van der Waals surface area contributed by atoms with Crippen molar-refractivity contribution < 1.29 is 4.39 Å². The fraction of sp³-hybridized carbons (Fsp3) is 0.143. The molecule has 0 bridgehead atoms. The van der Waals surface area contributed by atoms with Gasteiger partial charge in [0.25, 0.3) is 0 Å². The van der Waals surface area contributed by atoms with Crippen molar-refractivity contribution in [3.05, 3.63) is 67.9 Å². The van der Waals surface area contributed by atoms with E-state index in [9.17, 15) is 4.39 Å². The van der Waals surface area contributed by atoms with Gasteiger partial charge in [-0.3, -0.25) is 0 Å². The summed E-state index contributed by atoms with van der Waals surface area (Å²) in [5.41, 5.74) is 9.20. The lowest BCUT2D eigenvalue weighted by Gasteiger charge is -2.16. The van der Waals surface area contributed by atoms with Gasteiger partial charge in [0.1, 0.15) is 5.82 Å². The fourth-order valence-corrected chi connectivity index (χ4v) is 2.82. The van der Waals surface area contributed by atoms with Crippen LogP contribution in [-0.4, -0.2) is 0 Å². The zero-order chi connectivity index (χ0) is 13.3. The van der Waals surface area contributed by atoms with Gasteiger partial charge in [0, 0.05) is 8.95 Å². The molecule has 2 N–H and O–H groups in total. The third-order valence-corrected chi connectivity index (χ3v) is 4.38.